The zero-order chi connectivity index (χ0) is 18.7. The molecule has 1 atom stereocenters. The van der Waals surface area contributed by atoms with Gasteiger partial charge in [-0.1, -0.05) is 0 Å². The van der Waals surface area contributed by atoms with Gasteiger partial charge in [-0.15, -0.1) is 0 Å². The number of amides is 1. The van der Waals surface area contributed by atoms with Gasteiger partial charge < -0.3 is 19.3 Å². The minimum absolute atomic E-state index is 0.116. The Morgan fingerprint density at radius 3 is 2.78 bits per heavy atom. The number of halogens is 1. The largest absolute Gasteiger partial charge is 0.372 e. The van der Waals surface area contributed by atoms with Gasteiger partial charge in [0.25, 0.3) is 0 Å². The predicted molar refractivity (Wildman–Crippen MR) is 96.9 cm³/mol. The number of carbonyl (C=O) groups excluding carboxylic acids is 1. The Morgan fingerprint density at radius 2 is 2.04 bits per heavy atom. The topological polar surface area (TPSA) is 67.8 Å². The third-order valence-corrected chi connectivity index (χ3v) is 5.80. The molecule has 0 saturated carbocycles. The number of nitrogens with zero attached hydrogens (tertiary/aromatic N) is 4. The zero-order valence-corrected chi connectivity index (χ0v) is 15.6. The fourth-order valence-electron chi connectivity index (χ4n) is 4.32. The van der Waals surface area contributed by atoms with Crippen molar-refractivity contribution in [2.75, 3.05) is 50.9 Å². The standard InChI is InChI=1S/C19H27FN4O3/c20-16-10-21-18(22-11-16)24-13-19(14-24)9-15(4-8-27-19)3-7-26-12-17(25)23-5-1-2-6-23/h10-11,15H,1-9,12-14H2/t15-/m1/s1. The molecular weight excluding hydrogens is 351 g/mol. The lowest BCUT2D eigenvalue weighted by atomic mass is 9.79. The van der Waals surface area contributed by atoms with Gasteiger partial charge in [-0.25, -0.2) is 14.4 Å². The van der Waals surface area contributed by atoms with Crippen LogP contribution >= 0.6 is 0 Å². The molecule has 27 heavy (non-hydrogen) atoms. The van der Waals surface area contributed by atoms with Gasteiger partial charge in [0.05, 0.1) is 25.5 Å². The highest BCUT2D eigenvalue weighted by molar-refractivity contribution is 5.77. The van der Waals surface area contributed by atoms with E-state index in [1.54, 1.807) is 0 Å². The van der Waals surface area contributed by atoms with Gasteiger partial charge in [-0.05, 0) is 38.0 Å². The second kappa shape index (κ2) is 8.06. The Hall–Kier alpha value is -1.80. The average molecular weight is 378 g/mol. The highest BCUT2D eigenvalue weighted by Gasteiger charge is 2.48. The van der Waals surface area contributed by atoms with Crippen LogP contribution in [0, 0.1) is 11.7 Å². The summed E-state index contributed by atoms with van der Waals surface area (Å²) in [4.78, 5) is 24.0. The fraction of sp³-hybridized carbons (Fsp3) is 0.737. The summed E-state index contributed by atoms with van der Waals surface area (Å²) in [5, 5.41) is 0. The molecule has 1 aromatic rings. The van der Waals surface area contributed by atoms with Crippen LogP contribution in [0.15, 0.2) is 12.4 Å². The maximum Gasteiger partial charge on any atom is 0.248 e. The van der Waals surface area contributed by atoms with E-state index in [0.717, 1.165) is 64.9 Å². The molecule has 3 aliphatic heterocycles. The van der Waals surface area contributed by atoms with Crippen LogP contribution in [0.1, 0.15) is 32.1 Å². The van der Waals surface area contributed by atoms with Crippen LogP contribution in [0.5, 0.6) is 0 Å². The summed E-state index contributed by atoms with van der Waals surface area (Å²) in [6, 6.07) is 0. The SMILES string of the molecule is O=C(COCC[C@@H]1CCOC2(C1)CN(c1ncc(F)cn1)C2)N1CCCC1. The predicted octanol–water partition coefficient (Wildman–Crippen LogP) is 1.63. The molecule has 1 aromatic heterocycles. The number of anilines is 1. The molecule has 3 aliphatic rings. The third-order valence-electron chi connectivity index (χ3n) is 5.80. The number of rotatable bonds is 6. The molecule has 0 aromatic carbocycles. The maximum atomic E-state index is 13.0. The van der Waals surface area contributed by atoms with Crippen molar-refractivity contribution in [3.63, 3.8) is 0 Å². The van der Waals surface area contributed by atoms with Crippen LogP contribution in [-0.4, -0.2) is 72.4 Å². The Bertz CT molecular complexity index is 645. The molecule has 8 heteroatoms. The summed E-state index contributed by atoms with van der Waals surface area (Å²) in [7, 11) is 0. The molecular formula is C19H27FN4O3. The summed E-state index contributed by atoms with van der Waals surface area (Å²) in [6.45, 7) is 4.79. The summed E-state index contributed by atoms with van der Waals surface area (Å²) < 4.78 is 24.6. The van der Waals surface area contributed by atoms with Crippen LogP contribution in [0.4, 0.5) is 10.3 Å². The van der Waals surface area contributed by atoms with Crippen molar-refractivity contribution in [2.45, 2.75) is 37.7 Å². The smallest absolute Gasteiger partial charge is 0.248 e. The number of likely N-dealkylation sites (tertiary alicyclic amines) is 1. The van der Waals surface area contributed by atoms with Crippen molar-refractivity contribution < 1.29 is 18.7 Å². The maximum absolute atomic E-state index is 13.0. The number of aromatic nitrogens is 2. The van der Waals surface area contributed by atoms with Gasteiger partial charge in [-0.2, -0.15) is 0 Å². The summed E-state index contributed by atoms with van der Waals surface area (Å²) in [5.74, 6) is 0.782. The Kier molecular flexibility index (Phi) is 5.54. The minimum Gasteiger partial charge on any atom is -0.372 e. The van der Waals surface area contributed by atoms with Gasteiger partial charge in [0.15, 0.2) is 5.82 Å². The third kappa shape index (κ3) is 4.38. The fourth-order valence-corrected chi connectivity index (χ4v) is 4.32. The van der Waals surface area contributed by atoms with Gasteiger partial charge in [0.1, 0.15) is 12.2 Å². The van der Waals surface area contributed by atoms with E-state index in [1.165, 1.54) is 12.4 Å². The van der Waals surface area contributed by atoms with Gasteiger partial charge in [-0.3, -0.25) is 4.79 Å². The van der Waals surface area contributed by atoms with E-state index >= 15 is 0 Å². The van der Waals surface area contributed by atoms with E-state index in [9.17, 15) is 9.18 Å². The first-order chi connectivity index (χ1) is 13.1. The molecule has 148 valence electrons. The Balaban J connectivity index is 1.18. The van der Waals surface area contributed by atoms with E-state index < -0.39 is 5.82 Å². The average Bonchev–Trinajstić information content (AvgIpc) is 3.19. The second-order valence-corrected chi connectivity index (χ2v) is 7.88. The summed E-state index contributed by atoms with van der Waals surface area (Å²) in [5.41, 5.74) is -0.147. The minimum atomic E-state index is -0.425. The lowest BCUT2D eigenvalue weighted by Crippen LogP contribution is -2.66. The van der Waals surface area contributed by atoms with Crippen molar-refractivity contribution in [1.29, 1.82) is 0 Å². The Labute approximate surface area is 158 Å². The molecule has 3 saturated heterocycles. The molecule has 0 unspecified atom stereocenters. The molecule has 0 bridgehead atoms. The van der Waals surface area contributed by atoms with Crippen LogP contribution in [-0.2, 0) is 14.3 Å². The molecule has 7 nitrogen and oxygen atoms in total. The molecule has 0 N–H and O–H groups in total. The van der Waals surface area contributed by atoms with Crippen molar-refractivity contribution in [2.24, 2.45) is 5.92 Å². The first-order valence-corrected chi connectivity index (χ1v) is 9.86. The molecule has 4 rings (SSSR count). The summed E-state index contributed by atoms with van der Waals surface area (Å²) in [6.07, 6.45) is 7.56. The monoisotopic (exact) mass is 378 g/mol. The molecule has 4 heterocycles. The zero-order valence-electron chi connectivity index (χ0n) is 15.6. The van der Waals surface area contributed by atoms with E-state index in [4.69, 9.17) is 9.47 Å². The highest BCUT2D eigenvalue weighted by atomic mass is 19.1. The van der Waals surface area contributed by atoms with Crippen LogP contribution in [0.25, 0.3) is 0 Å². The van der Waals surface area contributed by atoms with Crippen LogP contribution in [0.2, 0.25) is 0 Å². The number of hydrogen-bond donors (Lipinski definition) is 0. The molecule has 0 aliphatic carbocycles. The highest BCUT2D eigenvalue weighted by Crippen LogP contribution is 2.39. The lowest BCUT2D eigenvalue weighted by Gasteiger charge is -2.53. The molecule has 1 spiro atoms. The molecule has 3 fully saturated rings. The van der Waals surface area contributed by atoms with E-state index in [1.807, 2.05) is 9.80 Å². The van der Waals surface area contributed by atoms with Crippen molar-refractivity contribution in [3.05, 3.63) is 18.2 Å². The van der Waals surface area contributed by atoms with Crippen LogP contribution in [0.3, 0.4) is 0 Å². The van der Waals surface area contributed by atoms with E-state index in [0.29, 0.717) is 18.5 Å². The quantitative estimate of drug-likeness (QED) is 0.701. The van der Waals surface area contributed by atoms with Gasteiger partial charge >= 0.3 is 0 Å². The first-order valence-electron chi connectivity index (χ1n) is 9.86. The number of carbonyl (C=O) groups is 1. The first kappa shape index (κ1) is 18.6. The van der Waals surface area contributed by atoms with Crippen molar-refractivity contribution in [3.8, 4) is 0 Å². The van der Waals surface area contributed by atoms with Gasteiger partial charge in [0.2, 0.25) is 11.9 Å². The van der Waals surface area contributed by atoms with E-state index in [-0.39, 0.29) is 18.1 Å². The molecule has 1 amide bonds. The number of ether oxygens (including phenoxy) is 2. The number of hydrogen-bond acceptors (Lipinski definition) is 6. The van der Waals surface area contributed by atoms with Crippen molar-refractivity contribution in [1.82, 2.24) is 14.9 Å². The molecule has 0 radical (unpaired) electrons. The second-order valence-electron chi connectivity index (χ2n) is 7.88. The van der Waals surface area contributed by atoms with E-state index in [2.05, 4.69) is 9.97 Å². The normalized spacial score (nSPS) is 24.3. The van der Waals surface area contributed by atoms with Gasteiger partial charge in [0, 0.05) is 26.3 Å². The Morgan fingerprint density at radius 1 is 1.30 bits per heavy atom. The lowest BCUT2D eigenvalue weighted by molar-refractivity contribution is -0.136. The van der Waals surface area contributed by atoms with Crippen LogP contribution < -0.4 is 4.90 Å². The summed E-state index contributed by atoms with van der Waals surface area (Å²) >= 11 is 0. The van der Waals surface area contributed by atoms with Crippen molar-refractivity contribution >= 4 is 11.9 Å².